The fraction of sp³-hybridized carbons (Fsp3) is 0.529. The number of ether oxygens (including phenoxy) is 2. The topological polar surface area (TPSA) is 90.6 Å². The van der Waals surface area contributed by atoms with Gasteiger partial charge in [0.25, 0.3) is 0 Å². The molecule has 0 radical (unpaired) electrons. The third-order valence-electron chi connectivity index (χ3n) is 3.84. The van der Waals surface area contributed by atoms with E-state index in [-0.39, 0.29) is 12.1 Å². The second-order valence-electron chi connectivity index (χ2n) is 6.86. The lowest BCUT2D eigenvalue weighted by Crippen LogP contribution is -2.36. The van der Waals surface area contributed by atoms with Gasteiger partial charge in [-0.3, -0.25) is 4.90 Å². The van der Waals surface area contributed by atoms with E-state index in [1.165, 1.54) is 7.11 Å². The van der Waals surface area contributed by atoms with Crippen LogP contribution in [0.2, 0.25) is 0 Å². The molecule has 8 heteroatoms. The lowest BCUT2D eigenvalue weighted by atomic mass is 10.1. The van der Waals surface area contributed by atoms with Crippen molar-refractivity contribution in [2.75, 3.05) is 13.7 Å². The maximum Gasteiger partial charge on any atom is 0.410 e. The second kappa shape index (κ2) is 6.70. The molecular formula is C17H22N4O4. The molecule has 0 saturated carbocycles. The van der Waals surface area contributed by atoms with E-state index in [0.29, 0.717) is 29.6 Å². The quantitative estimate of drug-likeness (QED) is 0.842. The van der Waals surface area contributed by atoms with Crippen LogP contribution in [0.3, 0.4) is 0 Å². The smallest absolute Gasteiger partial charge is 0.410 e. The third kappa shape index (κ3) is 3.72. The van der Waals surface area contributed by atoms with Gasteiger partial charge in [-0.2, -0.15) is 0 Å². The van der Waals surface area contributed by atoms with Gasteiger partial charge in [0, 0.05) is 25.0 Å². The van der Waals surface area contributed by atoms with E-state index in [1.807, 2.05) is 20.8 Å². The van der Waals surface area contributed by atoms with Crippen molar-refractivity contribution in [3.8, 4) is 17.3 Å². The van der Waals surface area contributed by atoms with Crippen LogP contribution < -0.4 is 4.74 Å². The Morgan fingerprint density at radius 1 is 1.32 bits per heavy atom. The Morgan fingerprint density at radius 2 is 2.08 bits per heavy atom. The minimum atomic E-state index is -0.538. The molecule has 1 amide bonds. The number of carbonyl (C=O) groups excluding carboxylic acids is 1. The van der Waals surface area contributed by atoms with E-state index < -0.39 is 5.60 Å². The molecule has 3 rings (SSSR count). The van der Waals surface area contributed by atoms with Crippen molar-refractivity contribution in [2.24, 2.45) is 0 Å². The first-order valence-corrected chi connectivity index (χ1v) is 8.20. The summed E-state index contributed by atoms with van der Waals surface area (Å²) in [7, 11) is 1.52. The molecule has 0 aromatic carbocycles. The van der Waals surface area contributed by atoms with Crippen LogP contribution in [0, 0.1) is 0 Å². The molecule has 1 fully saturated rings. The first-order chi connectivity index (χ1) is 11.9. The highest BCUT2D eigenvalue weighted by atomic mass is 16.6. The SMILES string of the molecule is COc1nccnc1-c1cc([C@@H]2CCCN2C(=O)OC(C)(C)C)on1. The van der Waals surface area contributed by atoms with Crippen molar-refractivity contribution in [1.82, 2.24) is 20.0 Å². The van der Waals surface area contributed by atoms with Crippen LogP contribution in [-0.4, -0.2) is 45.4 Å². The standard InChI is InChI=1S/C17H22N4O4/c1-17(2,3)24-16(22)21-9-5-6-12(21)13-10-11(20-25-13)14-15(23-4)19-8-7-18-14/h7-8,10,12H,5-6,9H2,1-4H3/t12-/m0/s1. The van der Waals surface area contributed by atoms with E-state index in [0.717, 1.165) is 12.8 Å². The predicted molar refractivity (Wildman–Crippen MR) is 89.0 cm³/mol. The van der Waals surface area contributed by atoms with Crippen LogP contribution in [0.4, 0.5) is 4.79 Å². The number of hydrogen-bond acceptors (Lipinski definition) is 7. The number of carbonyl (C=O) groups is 1. The summed E-state index contributed by atoms with van der Waals surface area (Å²) in [4.78, 5) is 22.5. The molecule has 2 aromatic heterocycles. The van der Waals surface area contributed by atoms with Gasteiger partial charge in [0.15, 0.2) is 11.5 Å². The maximum absolute atomic E-state index is 12.4. The largest absolute Gasteiger partial charge is 0.479 e. The van der Waals surface area contributed by atoms with E-state index >= 15 is 0 Å². The number of nitrogens with zero attached hydrogens (tertiary/aromatic N) is 4. The Kier molecular flexibility index (Phi) is 4.61. The van der Waals surface area contributed by atoms with Crippen LogP contribution in [0.15, 0.2) is 23.0 Å². The average Bonchev–Trinajstić information content (AvgIpc) is 3.22. The monoisotopic (exact) mass is 346 g/mol. The predicted octanol–water partition coefficient (Wildman–Crippen LogP) is 3.21. The zero-order chi connectivity index (χ0) is 18.0. The Labute approximate surface area is 146 Å². The van der Waals surface area contributed by atoms with Crippen LogP contribution in [0.1, 0.15) is 45.4 Å². The summed E-state index contributed by atoms with van der Waals surface area (Å²) in [5, 5.41) is 4.07. The highest BCUT2D eigenvalue weighted by Gasteiger charge is 2.35. The average molecular weight is 346 g/mol. The Bertz CT molecular complexity index is 753. The van der Waals surface area contributed by atoms with Crippen molar-refractivity contribution in [2.45, 2.75) is 45.3 Å². The second-order valence-corrected chi connectivity index (χ2v) is 6.86. The van der Waals surface area contributed by atoms with Gasteiger partial charge in [0.05, 0.1) is 13.2 Å². The summed E-state index contributed by atoms with van der Waals surface area (Å²) in [6, 6.07) is 1.58. The zero-order valence-corrected chi connectivity index (χ0v) is 14.9. The summed E-state index contributed by atoms with van der Waals surface area (Å²) >= 11 is 0. The third-order valence-corrected chi connectivity index (χ3v) is 3.84. The van der Waals surface area contributed by atoms with E-state index in [9.17, 15) is 4.79 Å². The summed E-state index contributed by atoms with van der Waals surface area (Å²) < 4.78 is 16.2. The molecule has 8 nitrogen and oxygen atoms in total. The van der Waals surface area contributed by atoms with Crippen LogP contribution in [0.25, 0.3) is 11.4 Å². The molecule has 1 aliphatic heterocycles. The summed E-state index contributed by atoms with van der Waals surface area (Å²) in [5.41, 5.74) is 0.488. The van der Waals surface area contributed by atoms with Crippen molar-refractivity contribution >= 4 is 6.09 Å². The van der Waals surface area contributed by atoms with Crippen molar-refractivity contribution in [1.29, 1.82) is 0 Å². The van der Waals surface area contributed by atoms with Gasteiger partial charge < -0.3 is 14.0 Å². The van der Waals surface area contributed by atoms with E-state index in [4.69, 9.17) is 14.0 Å². The molecule has 0 N–H and O–H groups in total. The van der Waals surface area contributed by atoms with Gasteiger partial charge in [-0.05, 0) is 33.6 Å². The molecule has 3 heterocycles. The fourth-order valence-corrected chi connectivity index (χ4v) is 2.81. The van der Waals surface area contributed by atoms with Crippen LogP contribution >= 0.6 is 0 Å². The number of rotatable bonds is 3. The molecule has 0 bridgehead atoms. The van der Waals surface area contributed by atoms with Gasteiger partial charge in [-0.15, -0.1) is 0 Å². The van der Waals surface area contributed by atoms with Crippen LogP contribution in [-0.2, 0) is 4.74 Å². The van der Waals surface area contributed by atoms with Crippen molar-refractivity contribution < 1.29 is 18.8 Å². The van der Waals surface area contributed by atoms with Gasteiger partial charge >= 0.3 is 6.09 Å². The molecule has 1 saturated heterocycles. The number of likely N-dealkylation sites (tertiary alicyclic amines) is 1. The molecular weight excluding hydrogens is 324 g/mol. The molecule has 1 aliphatic rings. The Morgan fingerprint density at radius 3 is 2.80 bits per heavy atom. The Hall–Kier alpha value is -2.64. The molecule has 2 aromatic rings. The van der Waals surface area contributed by atoms with Gasteiger partial charge in [-0.1, -0.05) is 5.16 Å². The van der Waals surface area contributed by atoms with Crippen molar-refractivity contribution in [3.63, 3.8) is 0 Å². The minimum absolute atomic E-state index is 0.196. The zero-order valence-electron chi connectivity index (χ0n) is 14.9. The van der Waals surface area contributed by atoms with Gasteiger partial charge in [0.2, 0.25) is 5.88 Å². The number of aromatic nitrogens is 3. The lowest BCUT2D eigenvalue weighted by Gasteiger charge is -2.27. The molecule has 134 valence electrons. The van der Waals surface area contributed by atoms with Crippen LogP contribution in [0.5, 0.6) is 5.88 Å². The van der Waals surface area contributed by atoms with E-state index in [2.05, 4.69) is 15.1 Å². The normalized spacial score (nSPS) is 17.6. The molecule has 25 heavy (non-hydrogen) atoms. The molecule has 0 aliphatic carbocycles. The molecule has 0 unspecified atom stereocenters. The summed E-state index contributed by atoms with van der Waals surface area (Å²) in [5.74, 6) is 0.976. The first-order valence-electron chi connectivity index (χ1n) is 8.20. The number of amides is 1. The van der Waals surface area contributed by atoms with Crippen molar-refractivity contribution in [3.05, 3.63) is 24.2 Å². The maximum atomic E-state index is 12.4. The minimum Gasteiger partial charge on any atom is -0.479 e. The van der Waals surface area contributed by atoms with Gasteiger partial charge in [0.1, 0.15) is 11.3 Å². The molecule has 1 atom stereocenters. The van der Waals surface area contributed by atoms with E-state index in [1.54, 1.807) is 23.4 Å². The Balaban J connectivity index is 1.83. The highest BCUT2D eigenvalue weighted by molar-refractivity contribution is 5.69. The number of methoxy groups -OCH3 is 1. The van der Waals surface area contributed by atoms with Gasteiger partial charge in [-0.25, -0.2) is 14.8 Å². The highest BCUT2D eigenvalue weighted by Crippen LogP contribution is 2.35. The number of hydrogen-bond donors (Lipinski definition) is 0. The summed E-state index contributed by atoms with van der Waals surface area (Å²) in [6.45, 7) is 6.18. The fourth-order valence-electron chi connectivity index (χ4n) is 2.81. The lowest BCUT2D eigenvalue weighted by molar-refractivity contribution is 0.0204. The summed E-state index contributed by atoms with van der Waals surface area (Å²) in [6.07, 6.45) is 4.45. The first kappa shape index (κ1) is 17.2. The molecule has 0 spiro atoms.